The van der Waals surface area contributed by atoms with Crippen molar-refractivity contribution in [3.63, 3.8) is 0 Å². The second-order valence-corrected chi connectivity index (χ2v) is 6.93. The number of carbonyl (C=O) groups is 2. The first-order valence-corrected chi connectivity index (χ1v) is 8.20. The molecule has 4 nitrogen and oxygen atoms in total. The molecule has 0 aliphatic rings. The highest BCUT2D eigenvalue weighted by Gasteiger charge is 1.95. The van der Waals surface area contributed by atoms with Crippen LogP contribution in [0, 0.1) is 5.92 Å². The van der Waals surface area contributed by atoms with Gasteiger partial charge in [0.15, 0.2) is 0 Å². The maximum absolute atomic E-state index is 10.3. The van der Waals surface area contributed by atoms with Gasteiger partial charge in [0.2, 0.25) is 0 Å². The number of hydrogen-bond donors (Lipinski definition) is 2. The van der Waals surface area contributed by atoms with Crippen molar-refractivity contribution in [2.75, 3.05) is 0 Å². The topological polar surface area (TPSA) is 72.2 Å². The van der Waals surface area contributed by atoms with Crippen molar-refractivity contribution >= 4 is 11.6 Å². The van der Waals surface area contributed by atoms with E-state index in [1.807, 2.05) is 27.7 Å². The van der Waals surface area contributed by atoms with E-state index in [-0.39, 0.29) is 11.6 Å². The van der Waals surface area contributed by atoms with Crippen molar-refractivity contribution in [3.05, 3.63) is 0 Å². The summed E-state index contributed by atoms with van der Waals surface area (Å²) in [5.41, 5.74) is 5.11. The van der Waals surface area contributed by atoms with Gasteiger partial charge in [0.1, 0.15) is 11.6 Å². The van der Waals surface area contributed by atoms with Gasteiger partial charge < -0.3 is 20.6 Å². The van der Waals surface area contributed by atoms with E-state index in [1.54, 1.807) is 6.92 Å². The molecule has 0 unspecified atom stereocenters. The summed E-state index contributed by atoms with van der Waals surface area (Å²) in [6, 6.07) is 1.58. The molecule has 0 aliphatic carbocycles. The first-order valence-electron chi connectivity index (χ1n) is 8.20. The van der Waals surface area contributed by atoms with Crippen molar-refractivity contribution in [3.8, 4) is 0 Å². The minimum atomic E-state index is 0.167. The molecule has 0 heterocycles. The lowest BCUT2D eigenvalue weighted by molar-refractivity contribution is -0.117. The number of nitrogens with two attached hydrogens (primary N) is 1. The van der Waals surface area contributed by atoms with Crippen LogP contribution in [0.4, 0.5) is 0 Å². The third kappa shape index (κ3) is 122. The lowest BCUT2D eigenvalue weighted by atomic mass is 10.1. The number of ketones is 2. The summed E-state index contributed by atoms with van der Waals surface area (Å²) < 4.78 is 0. The van der Waals surface area contributed by atoms with E-state index in [2.05, 4.69) is 33.0 Å². The van der Waals surface area contributed by atoms with Crippen LogP contribution in [0.2, 0.25) is 0 Å². The van der Waals surface area contributed by atoms with E-state index in [0.29, 0.717) is 24.0 Å². The summed E-state index contributed by atoms with van der Waals surface area (Å²) in [6.07, 6.45) is 0.722. The van der Waals surface area contributed by atoms with Gasteiger partial charge >= 0.3 is 0 Å². The normalized spacial score (nSPS) is 9.45. The number of nitrogens with one attached hydrogen (secondary N) is 1. The van der Waals surface area contributed by atoms with Crippen LogP contribution in [0.15, 0.2) is 0 Å². The number of Topliss-reactive ketones (excluding diaryl/α,β-unsaturated/α-hetero) is 2. The molecule has 0 bridgehead atoms. The SMILES string of the molecule is CC(=O)CC(C)C.CC(C)=O.CC(C)N.CC(C)NC(C)C. The first kappa shape index (κ1) is 29.3. The van der Waals surface area contributed by atoms with Gasteiger partial charge in [0.05, 0.1) is 0 Å². The molecule has 0 radical (unpaired) electrons. The maximum atomic E-state index is 10.3. The summed E-state index contributed by atoms with van der Waals surface area (Å²) in [6.45, 7) is 21.3. The standard InChI is InChI=1S/C6H15N.C6H12O.C3H9N.C3H6O/c1-5(2)7-6(3)4;1-5(2)4-6(3)7;2*1-3(2)4/h5-7H,1-4H3;5H,4H2,1-3H3;3H,4H2,1-2H3;1-2H3. The molecule has 0 amide bonds. The Morgan fingerprint density at radius 2 is 1.05 bits per heavy atom. The average Bonchev–Trinajstić information content (AvgIpc) is 2.10. The number of rotatable bonds is 4. The molecular formula is C18H42N2O2. The summed E-state index contributed by atoms with van der Waals surface area (Å²) in [7, 11) is 0. The molecule has 0 aromatic heterocycles. The number of hydrogen-bond acceptors (Lipinski definition) is 4. The maximum Gasteiger partial charge on any atom is 0.130 e. The molecule has 3 N–H and O–H groups in total. The lowest BCUT2D eigenvalue weighted by Crippen LogP contribution is -2.29. The Hall–Kier alpha value is -0.740. The van der Waals surface area contributed by atoms with Gasteiger partial charge in [-0.05, 0) is 32.7 Å². The van der Waals surface area contributed by atoms with Crippen LogP contribution >= 0.6 is 0 Å². The predicted molar refractivity (Wildman–Crippen MR) is 99.2 cm³/mol. The Balaban J connectivity index is -0.000000102. The molecule has 0 aromatic carbocycles. The second kappa shape index (κ2) is 20.3. The van der Waals surface area contributed by atoms with Crippen molar-refractivity contribution in [2.45, 2.75) is 101 Å². The predicted octanol–water partition coefficient (Wildman–Crippen LogP) is 3.96. The quantitative estimate of drug-likeness (QED) is 0.823. The van der Waals surface area contributed by atoms with Crippen LogP contribution in [0.25, 0.3) is 0 Å². The Labute approximate surface area is 139 Å². The average molecular weight is 319 g/mol. The number of carbonyl (C=O) groups excluding carboxylic acids is 2. The van der Waals surface area contributed by atoms with Crippen LogP contribution in [0.1, 0.15) is 82.6 Å². The van der Waals surface area contributed by atoms with Crippen LogP contribution in [0.3, 0.4) is 0 Å². The summed E-state index contributed by atoms with van der Waals surface area (Å²) in [4.78, 5) is 19.7. The molecule has 0 atom stereocenters. The van der Waals surface area contributed by atoms with E-state index >= 15 is 0 Å². The fraction of sp³-hybridized carbons (Fsp3) is 0.889. The van der Waals surface area contributed by atoms with Crippen LogP contribution in [0.5, 0.6) is 0 Å². The van der Waals surface area contributed by atoms with Gasteiger partial charge in [-0.15, -0.1) is 0 Å². The molecule has 0 saturated heterocycles. The van der Waals surface area contributed by atoms with Gasteiger partial charge in [0, 0.05) is 18.5 Å². The Kier molecular flexibility index (Phi) is 27.0. The third-order valence-corrected chi connectivity index (χ3v) is 1.36. The monoisotopic (exact) mass is 318 g/mol. The zero-order valence-electron chi connectivity index (χ0n) is 16.9. The van der Waals surface area contributed by atoms with Gasteiger partial charge in [-0.3, -0.25) is 0 Å². The first-order chi connectivity index (χ1) is 9.72. The van der Waals surface area contributed by atoms with Gasteiger partial charge in [-0.25, -0.2) is 0 Å². The van der Waals surface area contributed by atoms with E-state index in [9.17, 15) is 9.59 Å². The highest BCUT2D eigenvalue weighted by molar-refractivity contribution is 5.75. The van der Waals surface area contributed by atoms with Gasteiger partial charge in [-0.2, -0.15) is 0 Å². The fourth-order valence-electron chi connectivity index (χ4n) is 1.24. The molecule has 136 valence electrons. The Bertz CT molecular complexity index is 235. The zero-order valence-corrected chi connectivity index (χ0v) is 16.9. The smallest absolute Gasteiger partial charge is 0.130 e. The molecule has 22 heavy (non-hydrogen) atoms. The molecule has 0 aromatic rings. The fourth-order valence-corrected chi connectivity index (χ4v) is 1.24. The molecule has 4 heteroatoms. The molecule has 0 fully saturated rings. The molecule has 0 saturated carbocycles. The largest absolute Gasteiger partial charge is 0.328 e. The Morgan fingerprint density at radius 3 is 1.05 bits per heavy atom. The minimum absolute atomic E-state index is 0.167. The van der Waals surface area contributed by atoms with E-state index in [1.165, 1.54) is 13.8 Å². The summed E-state index contributed by atoms with van der Waals surface area (Å²) in [5, 5.41) is 3.31. The van der Waals surface area contributed by atoms with Crippen LogP contribution < -0.4 is 11.1 Å². The zero-order chi connectivity index (χ0) is 18.9. The second-order valence-electron chi connectivity index (χ2n) is 6.93. The molecule has 0 rings (SSSR count). The highest BCUT2D eigenvalue weighted by Crippen LogP contribution is 1.97. The molecule has 0 aliphatic heterocycles. The van der Waals surface area contributed by atoms with Crippen LogP contribution in [-0.2, 0) is 9.59 Å². The van der Waals surface area contributed by atoms with E-state index in [4.69, 9.17) is 5.73 Å². The van der Waals surface area contributed by atoms with Crippen LogP contribution in [-0.4, -0.2) is 29.7 Å². The van der Waals surface area contributed by atoms with Crippen molar-refractivity contribution in [1.82, 2.24) is 5.32 Å². The van der Waals surface area contributed by atoms with E-state index in [0.717, 1.165) is 6.42 Å². The third-order valence-electron chi connectivity index (χ3n) is 1.36. The highest BCUT2D eigenvalue weighted by atomic mass is 16.1. The van der Waals surface area contributed by atoms with Crippen molar-refractivity contribution in [2.24, 2.45) is 11.7 Å². The van der Waals surface area contributed by atoms with Gasteiger partial charge in [0.25, 0.3) is 0 Å². The molecule has 0 spiro atoms. The van der Waals surface area contributed by atoms with Gasteiger partial charge in [-0.1, -0.05) is 55.4 Å². The summed E-state index contributed by atoms with van der Waals surface area (Å²) >= 11 is 0. The summed E-state index contributed by atoms with van der Waals surface area (Å²) in [5.74, 6) is 0.979. The molecular weight excluding hydrogens is 276 g/mol. The van der Waals surface area contributed by atoms with E-state index < -0.39 is 0 Å². The minimum Gasteiger partial charge on any atom is -0.328 e. The Morgan fingerprint density at radius 1 is 0.818 bits per heavy atom. The van der Waals surface area contributed by atoms with Crippen molar-refractivity contribution in [1.29, 1.82) is 0 Å². The lowest BCUT2D eigenvalue weighted by Gasteiger charge is -2.10. The van der Waals surface area contributed by atoms with Crippen molar-refractivity contribution < 1.29 is 9.59 Å².